The minimum Gasteiger partial charge on any atom is -0.497 e. The summed E-state index contributed by atoms with van der Waals surface area (Å²) in [7, 11) is 3.13. The fraction of sp³-hybridized carbons (Fsp3) is 0.500. The van der Waals surface area contributed by atoms with Crippen LogP contribution in [0.2, 0.25) is 0 Å². The first-order valence-electron chi connectivity index (χ1n) is 13.9. The molecule has 10 nitrogen and oxygen atoms in total. The van der Waals surface area contributed by atoms with Gasteiger partial charge in [-0.3, -0.25) is 14.6 Å². The average Bonchev–Trinajstić information content (AvgIpc) is 3.34. The van der Waals surface area contributed by atoms with Crippen LogP contribution in [-0.4, -0.2) is 82.5 Å². The van der Waals surface area contributed by atoms with Gasteiger partial charge in [-0.25, -0.2) is 9.31 Å². The van der Waals surface area contributed by atoms with Crippen molar-refractivity contribution in [3.05, 3.63) is 53.9 Å². The Morgan fingerprint density at radius 1 is 1.05 bits per heavy atom. The first kappa shape index (κ1) is 27.9. The van der Waals surface area contributed by atoms with Crippen LogP contribution in [0.5, 0.6) is 11.5 Å². The highest BCUT2D eigenvalue weighted by Crippen LogP contribution is 2.31. The van der Waals surface area contributed by atoms with Crippen LogP contribution in [0.15, 0.2) is 42.7 Å². The number of aromatic nitrogens is 2. The Morgan fingerprint density at radius 2 is 1.82 bits per heavy atom. The largest absolute Gasteiger partial charge is 0.497 e. The number of pyridine rings is 1. The maximum Gasteiger partial charge on any atom is 0.331 e. The van der Waals surface area contributed by atoms with Gasteiger partial charge < -0.3 is 19.5 Å². The molecule has 1 aromatic carbocycles. The molecule has 0 saturated carbocycles. The standard InChI is InChI=1S/C30H39N5O5/c1-30(2,38)20-32-11-7-21(8-12-32)15-22-9-14-35-25(16-22)26(18-31-35)33-13-10-28(36)34(29(33)37)19-23-5-6-24(39-3)17-27(23)40-4/h5-6,9,14,16-18,21,38H,7-8,10-13,15,19-20H2,1-4H3. The molecule has 0 unspecified atom stereocenters. The molecule has 2 aliphatic heterocycles. The second-order valence-corrected chi connectivity index (χ2v) is 11.5. The van der Waals surface area contributed by atoms with Crippen LogP contribution in [0.4, 0.5) is 10.5 Å². The molecular weight excluding hydrogens is 510 g/mol. The van der Waals surface area contributed by atoms with Gasteiger partial charge in [-0.2, -0.15) is 5.10 Å². The zero-order valence-electron chi connectivity index (χ0n) is 23.8. The van der Waals surface area contributed by atoms with Gasteiger partial charge in [0.2, 0.25) is 5.91 Å². The number of amides is 3. The lowest BCUT2D eigenvalue weighted by molar-refractivity contribution is -0.129. The fourth-order valence-corrected chi connectivity index (χ4v) is 5.80. The van der Waals surface area contributed by atoms with Gasteiger partial charge in [0.05, 0.1) is 43.8 Å². The molecule has 1 N–H and O–H groups in total. The fourth-order valence-electron chi connectivity index (χ4n) is 5.80. The van der Waals surface area contributed by atoms with Gasteiger partial charge in [-0.15, -0.1) is 0 Å². The SMILES string of the molecule is COc1ccc(CN2C(=O)CCN(c3cnn4ccc(CC5CCN(CC(C)(C)O)CC5)cc34)C2=O)c(OC)c1. The van der Waals surface area contributed by atoms with E-state index in [1.165, 1.54) is 10.5 Å². The Labute approximate surface area is 235 Å². The maximum atomic E-state index is 13.6. The molecule has 2 aromatic heterocycles. The van der Waals surface area contributed by atoms with Gasteiger partial charge >= 0.3 is 6.03 Å². The van der Waals surface area contributed by atoms with E-state index in [0.29, 0.717) is 36.2 Å². The summed E-state index contributed by atoms with van der Waals surface area (Å²) in [6.45, 7) is 6.79. The molecule has 5 rings (SSSR count). The molecule has 0 aliphatic carbocycles. The van der Waals surface area contributed by atoms with Crippen molar-refractivity contribution in [3.8, 4) is 11.5 Å². The summed E-state index contributed by atoms with van der Waals surface area (Å²) in [5, 5.41) is 14.6. The van der Waals surface area contributed by atoms with Gasteiger partial charge in [0, 0.05) is 37.3 Å². The van der Waals surface area contributed by atoms with E-state index in [-0.39, 0.29) is 24.9 Å². The summed E-state index contributed by atoms with van der Waals surface area (Å²) in [5.41, 5.74) is 2.80. The van der Waals surface area contributed by atoms with E-state index in [4.69, 9.17) is 9.47 Å². The minimum atomic E-state index is -0.678. The maximum absolute atomic E-state index is 13.6. The Kier molecular flexibility index (Phi) is 8.00. The number of urea groups is 1. The molecule has 0 spiro atoms. The van der Waals surface area contributed by atoms with Crippen LogP contribution in [0.3, 0.4) is 0 Å². The molecule has 0 atom stereocenters. The number of rotatable bonds is 9. The van der Waals surface area contributed by atoms with Crippen LogP contribution in [0.1, 0.15) is 44.2 Å². The summed E-state index contributed by atoms with van der Waals surface area (Å²) in [5.74, 6) is 1.55. The number of benzene rings is 1. The van der Waals surface area contributed by atoms with E-state index in [0.717, 1.165) is 43.4 Å². The van der Waals surface area contributed by atoms with Gasteiger partial charge in [0.1, 0.15) is 11.5 Å². The first-order valence-corrected chi connectivity index (χ1v) is 13.9. The van der Waals surface area contributed by atoms with Crippen LogP contribution < -0.4 is 14.4 Å². The van der Waals surface area contributed by atoms with Crippen molar-refractivity contribution in [2.75, 3.05) is 45.3 Å². The number of hydrogen-bond donors (Lipinski definition) is 1. The Balaban J connectivity index is 1.31. The third-order valence-corrected chi connectivity index (χ3v) is 7.83. The summed E-state index contributed by atoms with van der Waals surface area (Å²) < 4.78 is 12.5. The molecule has 4 heterocycles. The zero-order chi connectivity index (χ0) is 28.4. The second-order valence-electron chi connectivity index (χ2n) is 11.5. The number of carbonyl (C=O) groups is 2. The summed E-state index contributed by atoms with van der Waals surface area (Å²) in [6, 6.07) is 9.19. The van der Waals surface area contributed by atoms with Gasteiger partial charge in [0.25, 0.3) is 0 Å². The monoisotopic (exact) mass is 549 g/mol. The van der Waals surface area contributed by atoms with Gasteiger partial charge in [0.15, 0.2) is 0 Å². The Bertz CT molecular complexity index is 1370. The minimum absolute atomic E-state index is 0.109. The van der Waals surface area contributed by atoms with Crippen LogP contribution in [-0.2, 0) is 17.8 Å². The summed E-state index contributed by atoms with van der Waals surface area (Å²) in [4.78, 5) is 31.8. The molecule has 0 radical (unpaired) electrons. The second kappa shape index (κ2) is 11.5. The Hall–Kier alpha value is -3.63. The molecule has 214 valence electrons. The van der Waals surface area contributed by atoms with E-state index in [1.54, 1.807) is 42.0 Å². The zero-order valence-corrected chi connectivity index (χ0v) is 23.8. The number of imide groups is 1. The topological polar surface area (TPSA) is 99.9 Å². The molecule has 0 bridgehead atoms. The Morgan fingerprint density at radius 3 is 2.52 bits per heavy atom. The van der Waals surface area contributed by atoms with Gasteiger partial charge in [-0.1, -0.05) is 0 Å². The number of aliphatic hydroxyl groups is 1. The first-order chi connectivity index (χ1) is 19.1. The number of likely N-dealkylation sites (tertiary alicyclic amines) is 1. The van der Waals surface area contributed by atoms with E-state index < -0.39 is 5.60 Å². The molecule has 2 aliphatic rings. The van der Waals surface area contributed by atoms with Gasteiger partial charge in [-0.05, 0) is 81.9 Å². The number of anilines is 1. The van der Waals surface area contributed by atoms with Crippen molar-refractivity contribution in [2.45, 2.75) is 51.7 Å². The van der Waals surface area contributed by atoms with E-state index in [1.807, 2.05) is 26.1 Å². The van der Waals surface area contributed by atoms with Crippen molar-refractivity contribution in [2.24, 2.45) is 5.92 Å². The summed E-state index contributed by atoms with van der Waals surface area (Å²) in [6.07, 6.45) is 7.00. The highest BCUT2D eigenvalue weighted by Gasteiger charge is 2.35. The summed E-state index contributed by atoms with van der Waals surface area (Å²) >= 11 is 0. The predicted octanol–water partition coefficient (Wildman–Crippen LogP) is 3.74. The third-order valence-electron chi connectivity index (χ3n) is 7.83. The lowest BCUT2D eigenvalue weighted by Crippen LogP contribution is -2.52. The third kappa shape index (κ3) is 6.08. The molecule has 3 aromatic rings. The number of fused-ring (bicyclic) bond motifs is 1. The number of methoxy groups -OCH3 is 2. The number of hydrogen-bond acceptors (Lipinski definition) is 7. The van der Waals surface area contributed by atoms with Crippen molar-refractivity contribution in [1.82, 2.24) is 19.4 Å². The van der Waals surface area contributed by atoms with Crippen molar-refractivity contribution >= 4 is 23.1 Å². The lowest BCUT2D eigenvalue weighted by atomic mass is 9.90. The predicted molar refractivity (Wildman–Crippen MR) is 152 cm³/mol. The van der Waals surface area contributed by atoms with Crippen LogP contribution in [0.25, 0.3) is 5.52 Å². The number of piperidine rings is 1. The molecule has 40 heavy (non-hydrogen) atoms. The molecular formula is C30H39N5O5. The van der Waals surface area contributed by atoms with Crippen molar-refractivity contribution in [3.63, 3.8) is 0 Å². The highest BCUT2D eigenvalue weighted by molar-refractivity contribution is 6.07. The number of carbonyl (C=O) groups excluding carboxylic acids is 2. The average molecular weight is 550 g/mol. The van der Waals surface area contributed by atoms with Crippen molar-refractivity contribution < 1.29 is 24.2 Å². The normalized spacial score (nSPS) is 17.6. The molecule has 3 amide bonds. The quantitative estimate of drug-likeness (QED) is 0.434. The van der Waals surface area contributed by atoms with Crippen LogP contribution in [0, 0.1) is 5.92 Å². The number of ether oxygens (including phenoxy) is 2. The highest BCUT2D eigenvalue weighted by atomic mass is 16.5. The van der Waals surface area contributed by atoms with Crippen LogP contribution >= 0.6 is 0 Å². The molecule has 2 saturated heterocycles. The molecule has 10 heteroatoms. The molecule has 2 fully saturated rings. The number of nitrogens with zero attached hydrogens (tertiary/aromatic N) is 5. The number of β-amino-alcohol motifs (C(OH)–C–C–N with tert-alkyl or cyclic N) is 1. The van der Waals surface area contributed by atoms with E-state index in [9.17, 15) is 14.7 Å². The lowest BCUT2D eigenvalue weighted by Gasteiger charge is -2.35. The van der Waals surface area contributed by atoms with E-state index >= 15 is 0 Å². The smallest absolute Gasteiger partial charge is 0.331 e. The van der Waals surface area contributed by atoms with Crippen molar-refractivity contribution in [1.29, 1.82) is 0 Å². The van der Waals surface area contributed by atoms with E-state index in [2.05, 4.69) is 22.1 Å².